The summed E-state index contributed by atoms with van der Waals surface area (Å²) in [6.45, 7) is 7.23. The first-order chi connectivity index (χ1) is 12.3. The third-order valence-electron chi connectivity index (χ3n) is 4.71. The molecule has 0 bridgehead atoms. The lowest BCUT2D eigenvalue weighted by atomic mass is 10.0. The van der Waals surface area contributed by atoms with Crippen molar-refractivity contribution in [3.05, 3.63) is 42.0 Å². The van der Waals surface area contributed by atoms with E-state index >= 15 is 0 Å². The van der Waals surface area contributed by atoms with E-state index in [1.165, 1.54) is 16.3 Å². The first-order valence-corrected chi connectivity index (χ1v) is 9.28. The summed E-state index contributed by atoms with van der Waals surface area (Å²) >= 11 is 0. The van der Waals surface area contributed by atoms with E-state index < -0.39 is 0 Å². The van der Waals surface area contributed by atoms with Crippen molar-refractivity contribution in [2.45, 2.75) is 32.4 Å². The van der Waals surface area contributed by atoms with Crippen LogP contribution in [0.3, 0.4) is 0 Å². The Hall–Kier alpha value is -1.62. The van der Waals surface area contributed by atoms with E-state index in [2.05, 4.69) is 48.2 Å². The van der Waals surface area contributed by atoms with Crippen LogP contribution in [0.4, 0.5) is 0 Å². The van der Waals surface area contributed by atoms with E-state index in [1.807, 2.05) is 0 Å². The second-order valence-corrected chi connectivity index (χ2v) is 6.62. The minimum atomic E-state index is 0.253. The Balaban J connectivity index is 1.80. The molecule has 0 unspecified atom stereocenters. The van der Waals surface area contributed by atoms with Crippen LogP contribution >= 0.6 is 0 Å². The zero-order valence-electron chi connectivity index (χ0n) is 15.4. The maximum absolute atomic E-state index is 6.05. The van der Waals surface area contributed by atoms with Gasteiger partial charge in [0, 0.05) is 38.9 Å². The lowest BCUT2D eigenvalue weighted by Gasteiger charge is -2.33. The summed E-state index contributed by atoms with van der Waals surface area (Å²) in [4.78, 5) is 2.48. The molecule has 136 valence electrons. The van der Waals surface area contributed by atoms with E-state index in [0.717, 1.165) is 58.0 Å². The van der Waals surface area contributed by atoms with Crippen molar-refractivity contribution in [2.24, 2.45) is 0 Å². The third kappa shape index (κ3) is 4.72. The smallest absolute Gasteiger partial charge is 0.124 e. The van der Waals surface area contributed by atoms with Crippen molar-refractivity contribution in [2.75, 3.05) is 40.0 Å². The summed E-state index contributed by atoms with van der Waals surface area (Å²) in [6.07, 6.45) is 2.22. The zero-order chi connectivity index (χ0) is 17.5. The Morgan fingerprint density at radius 3 is 2.88 bits per heavy atom. The van der Waals surface area contributed by atoms with Crippen LogP contribution in [0.2, 0.25) is 0 Å². The van der Waals surface area contributed by atoms with Crippen molar-refractivity contribution < 1.29 is 14.2 Å². The number of fused-ring (bicyclic) bond motifs is 1. The minimum Gasteiger partial charge on any atom is -0.493 e. The Bertz CT molecular complexity index is 673. The summed E-state index contributed by atoms with van der Waals surface area (Å²) in [5.74, 6) is 1.01. The summed E-state index contributed by atoms with van der Waals surface area (Å²) in [7, 11) is 1.74. The van der Waals surface area contributed by atoms with Crippen LogP contribution in [-0.2, 0) is 16.0 Å². The highest BCUT2D eigenvalue weighted by Crippen LogP contribution is 2.30. The number of hydrogen-bond acceptors (Lipinski definition) is 4. The summed E-state index contributed by atoms with van der Waals surface area (Å²) < 4.78 is 17.1. The fourth-order valence-corrected chi connectivity index (χ4v) is 3.40. The van der Waals surface area contributed by atoms with Crippen LogP contribution in [0.25, 0.3) is 10.8 Å². The SMILES string of the molecule is CCCOc1ccc2ccccc2c1CN1CCO[C@H](CCOC)C1. The van der Waals surface area contributed by atoms with Gasteiger partial charge >= 0.3 is 0 Å². The molecule has 2 aromatic rings. The molecule has 0 spiro atoms. The van der Waals surface area contributed by atoms with Gasteiger partial charge in [0.05, 0.1) is 19.3 Å². The van der Waals surface area contributed by atoms with Crippen LogP contribution in [0.15, 0.2) is 36.4 Å². The minimum absolute atomic E-state index is 0.253. The van der Waals surface area contributed by atoms with Gasteiger partial charge in [0.2, 0.25) is 0 Å². The predicted molar refractivity (Wildman–Crippen MR) is 101 cm³/mol. The lowest BCUT2D eigenvalue weighted by molar-refractivity contribution is -0.0433. The molecule has 4 heteroatoms. The van der Waals surface area contributed by atoms with Gasteiger partial charge in [-0.1, -0.05) is 37.3 Å². The average molecular weight is 343 g/mol. The molecule has 1 heterocycles. The molecular weight excluding hydrogens is 314 g/mol. The highest BCUT2D eigenvalue weighted by Gasteiger charge is 2.22. The fraction of sp³-hybridized carbons (Fsp3) is 0.524. The number of nitrogens with zero attached hydrogens (tertiary/aromatic N) is 1. The molecule has 1 saturated heterocycles. The van der Waals surface area contributed by atoms with Gasteiger partial charge in [0.1, 0.15) is 5.75 Å². The Morgan fingerprint density at radius 2 is 2.04 bits per heavy atom. The van der Waals surface area contributed by atoms with Crippen molar-refractivity contribution in [3.8, 4) is 5.75 Å². The van der Waals surface area contributed by atoms with E-state index in [-0.39, 0.29) is 6.10 Å². The van der Waals surface area contributed by atoms with Crippen LogP contribution < -0.4 is 4.74 Å². The summed E-state index contributed by atoms with van der Waals surface area (Å²) in [5.41, 5.74) is 1.29. The molecule has 1 fully saturated rings. The molecule has 1 aliphatic heterocycles. The summed E-state index contributed by atoms with van der Waals surface area (Å²) in [5, 5.41) is 2.56. The maximum atomic E-state index is 6.05. The van der Waals surface area contributed by atoms with E-state index in [1.54, 1.807) is 7.11 Å². The molecule has 1 aliphatic rings. The quantitative estimate of drug-likeness (QED) is 0.728. The number of hydrogen-bond donors (Lipinski definition) is 0. The van der Waals surface area contributed by atoms with Crippen LogP contribution in [-0.4, -0.2) is 51.0 Å². The summed E-state index contributed by atoms with van der Waals surface area (Å²) in [6, 6.07) is 12.8. The van der Waals surface area contributed by atoms with Crippen molar-refractivity contribution in [1.82, 2.24) is 4.90 Å². The first-order valence-electron chi connectivity index (χ1n) is 9.28. The molecule has 0 saturated carbocycles. The van der Waals surface area contributed by atoms with Crippen molar-refractivity contribution in [3.63, 3.8) is 0 Å². The second-order valence-electron chi connectivity index (χ2n) is 6.62. The van der Waals surface area contributed by atoms with Gasteiger partial charge in [-0.15, -0.1) is 0 Å². The standard InChI is InChI=1S/C21H29NO3/c1-3-12-25-21-9-8-17-6-4-5-7-19(17)20(21)16-22-11-14-24-18(15-22)10-13-23-2/h4-9,18H,3,10-16H2,1-2H3/t18-/m1/s1. The Morgan fingerprint density at radius 1 is 1.16 bits per heavy atom. The van der Waals surface area contributed by atoms with Gasteiger partial charge in [0.25, 0.3) is 0 Å². The molecule has 2 aromatic carbocycles. The number of morpholine rings is 1. The van der Waals surface area contributed by atoms with Gasteiger partial charge in [-0.05, 0) is 29.7 Å². The van der Waals surface area contributed by atoms with Gasteiger partial charge in [-0.3, -0.25) is 4.90 Å². The maximum Gasteiger partial charge on any atom is 0.124 e. The molecule has 0 aromatic heterocycles. The molecule has 0 amide bonds. The topological polar surface area (TPSA) is 30.9 Å². The normalized spacial score (nSPS) is 18.6. The molecular formula is C21H29NO3. The Labute approximate surface area is 150 Å². The van der Waals surface area contributed by atoms with Crippen LogP contribution in [0.5, 0.6) is 5.75 Å². The highest BCUT2D eigenvalue weighted by molar-refractivity contribution is 5.87. The van der Waals surface area contributed by atoms with Crippen LogP contribution in [0.1, 0.15) is 25.3 Å². The number of benzene rings is 2. The zero-order valence-corrected chi connectivity index (χ0v) is 15.4. The molecule has 0 radical (unpaired) electrons. The third-order valence-corrected chi connectivity index (χ3v) is 4.71. The van der Waals surface area contributed by atoms with Gasteiger partial charge in [-0.2, -0.15) is 0 Å². The van der Waals surface area contributed by atoms with E-state index in [9.17, 15) is 0 Å². The molecule has 4 nitrogen and oxygen atoms in total. The van der Waals surface area contributed by atoms with Gasteiger partial charge < -0.3 is 14.2 Å². The second kappa shape index (κ2) is 9.18. The van der Waals surface area contributed by atoms with Gasteiger partial charge in [-0.25, -0.2) is 0 Å². The number of ether oxygens (including phenoxy) is 3. The van der Waals surface area contributed by atoms with E-state index in [4.69, 9.17) is 14.2 Å². The molecule has 3 rings (SSSR count). The van der Waals surface area contributed by atoms with Gasteiger partial charge in [0.15, 0.2) is 0 Å². The number of methoxy groups -OCH3 is 1. The average Bonchev–Trinajstić information content (AvgIpc) is 2.66. The molecule has 0 N–H and O–H groups in total. The van der Waals surface area contributed by atoms with E-state index in [0.29, 0.717) is 0 Å². The predicted octanol–water partition coefficient (Wildman–Crippen LogP) is 3.87. The highest BCUT2D eigenvalue weighted by atomic mass is 16.5. The Kier molecular flexibility index (Phi) is 6.68. The molecule has 25 heavy (non-hydrogen) atoms. The molecule has 0 aliphatic carbocycles. The molecule has 1 atom stereocenters. The monoisotopic (exact) mass is 343 g/mol. The van der Waals surface area contributed by atoms with Crippen molar-refractivity contribution >= 4 is 10.8 Å². The largest absolute Gasteiger partial charge is 0.493 e. The lowest BCUT2D eigenvalue weighted by Crippen LogP contribution is -2.42. The van der Waals surface area contributed by atoms with Crippen molar-refractivity contribution in [1.29, 1.82) is 0 Å². The number of rotatable bonds is 8. The first kappa shape index (κ1) is 18.2. The van der Waals surface area contributed by atoms with Crippen LogP contribution in [0, 0.1) is 0 Å². The fourth-order valence-electron chi connectivity index (χ4n) is 3.40.